The first-order chi connectivity index (χ1) is 23.3. The molecular weight excluding hydrogens is 573 g/mol. The van der Waals surface area contributed by atoms with Gasteiger partial charge < -0.3 is 9.88 Å². The number of hydrogen-bond donors (Lipinski definition) is 2. The van der Waals surface area contributed by atoms with E-state index in [0.29, 0.717) is 0 Å². The molecule has 0 fully saturated rings. The Kier molecular flexibility index (Phi) is 6.65. The summed E-state index contributed by atoms with van der Waals surface area (Å²) in [5.41, 5.74) is 9.29. The van der Waals surface area contributed by atoms with Crippen molar-refractivity contribution in [3.8, 4) is 16.8 Å². The van der Waals surface area contributed by atoms with Crippen molar-refractivity contribution in [1.29, 1.82) is 0 Å². The highest BCUT2D eigenvalue weighted by Crippen LogP contribution is 2.36. The van der Waals surface area contributed by atoms with E-state index in [1.165, 1.54) is 49.3 Å². The fourth-order valence-corrected chi connectivity index (χ4v) is 7.00. The van der Waals surface area contributed by atoms with E-state index in [-0.39, 0.29) is 12.3 Å². The van der Waals surface area contributed by atoms with Crippen LogP contribution in [0.25, 0.3) is 49.4 Å². The number of fused-ring (bicyclic) bond motifs is 4. The molecule has 0 amide bonds. The summed E-state index contributed by atoms with van der Waals surface area (Å²) in [7, 11) is 0. The summed E-state index contributed by atoms with van der Waals surface area (Å²) in [5, 5.41) is 12.5. The average molecular weight is 605 g/mol. The molecule has 2 N–H and O–H groups in total. The van der Waals surface area contributed by atoms with E-state index in [1.54, 1.807) is 0 Å². The van der Waals surface area contributed by atoms with Gasteiger partial charge >= 0.3 is 0 Å². The van der Waals surface area contributed by atoms with E-state index < -0.39 is 0 Å². The van der Waals surface area contributed by atoms with Gasteiger partial charge in [0.2, 0.25) is 0 Å². The third-order valence-corrected chi connectivity index (χ3v) is 9.27. The van der Waals surface area contributed by atoms with Crippen LogP contribution >= 0.6 is 0 Å². The van der Waals surface area contributed by atoms with E-state index >= 15 is 0 Å². The minimum absolute atomic E-state index is 0.144. The molecule has 4 nitrogen and oxygen atoms in total. The number of nitrogens with zero attached hydrogens (tertiary/aromatic N) is 2. The summed E-state index contributed by atoms with van der Waals surface area (Å²) < 4.78 is 2.39. The molecule has 0 radical (unpaired) electrons. The number of para-hydroxylation sites is 1. The second-order valence-corrected chi connectivity index (χ2v) is 12.1. The lowest BCUT2D eigenvalue weighted by Gasteiger charge is -2.33. The molecule has 0 spiro atoms. The van der Waals surface area contributed by atoms with Gasteiger partial charge in [-0.25, -0.2) is 4.99 Å². The van der Waals surface area contributed by atoms with Crippen LogP contribution in [-0.4, -0.2) is 10.4 Å². The molecule has 1 aliphatic heterocycles. The Morgan fingerprint density at radius 3 is 1.98 bits per heavy atom. The standard InChI is InChI=1S/C43H32N4/c1-3-13-30(14-4-1)41-44-42(31-15-5-2-6-16-31)46-43(45-41)37-21-10-9-19-35(37)29-23-25-34(26-24-29)47-39-22-12-11-20-36(39)38-27-32-17-7-8-18-33(32)28-40(38)47/h1-28,41,43,45H,(H,44,46). The minimum Gasteiger partial charge on any atom is -0.350 e. The van der Waals surface area contributed by atoms with E-state index in [1.807, 2.05) is 12.1 Å². The lowest BCUT2D eigenvalue weighted by Crippen LogP contribution is -2.45. The predicted octanol–water partition coefficient (Wildman–Crippen LogP) is 9.94. The van der Waals surface area contributed by atoms with Crippen LogP contribution in [0.5, 0.6) is 0 Å². The number of nitrogens with one attached hydrogen (secondary N) is 2. The topological polar surface area (TPSA) is 41.4 Å². The summed E-state index contributed by atoms with van der Waals surface area (Å²) in [6, 6.07) is 60.5. The Morgan fingerprint density at radius 2 is 1.17 bits per heavy atom. The fraction of sp³-hybridized carbons (Fsp3) is 0.0465. The molecule has 0 saturated carbocycles. The van der Waals surface area contributed by atoms with Crippen LogP contribution in [0.15, 0.2) is 175 Å². The second-order valence-electron chi connectivity index (χ2n) is 12.1. The number of amidine groups is 1. The summed E-state index contributed by atoms with van der Waals surface area (Å²) in [6.07, 6.45) is -0.325. The monoisotopic (exact) mass is 604 g/mol. The Labute approximate surface area is 273 Å². The van der Waals surface area contributed by atoms with Gasteiger partial charge in [0.15, 0.2) is 0 Å². The van der Waals surface area contributed by atoms with Gasteiger partial charge in [-0.2, -0.15) is 0 Å². The first-order valence-corrected chi connectivity index (χ1v) is 16.1. The minimum atomic E-state index is -0.181. The molecule has 1 aliphatic rings. The maximum Gasteiger partial charge on any atom is 0.131 e. The van der Waals surface area contributed by atoms with Gasteiger partial charge in [-0.05, 0) is 63.4 Å². The Balaban J connectivity index is 1.12. The molecule has 0 aliphatic carbocycles. The highest BCUT2D eigenvalue weighted by Gasteiger charge is 2.27. The van der Waals surface area contributed by atoms with E-state index in [9.17, 15) is 0 Å². The van der Waals surface area contributed by atoms with Gasteiger partial charge in [0.05, 0.1) is 11.0 Å². The lowest BCUT2D eigenvalue weighted by atomic mass is 9.96. The van der Waals surface area contributed by atoms with E-state index in [4.69, 9.17) is 4.99 Å². The quantitative estimate of drug-likeness (QED) is 0.205. The first-order valence-electron chi connectivity index (χ1n) is 16.1. The third-order valence-electron chi connectivity index (χ3n) is 9.27. The zero-order chi connectivity index (χ0) is 31.2. The number of aliphatic imine (C=N–C) groups is 1. The van der Waals surface area contributed by atoms with Crippen molar-refractivity contribution in [2.24, 2.45) is 4.99 Å². The van der Waals surface area contributed by atoms with Crippen molar-refractivity contribution in [1.82, 2.24) is 15.2 Å². The van der Waals surface area contributed by atoms with E-state index in [0.717, 1.165) is 22.6 Å². The number of rotatable bonds is 5. The summed E-state index contributed by atoms with van der Waals surface area (Å²) in [4.78, 5) is 5.10. The predicted molar refractivity (Wildman–Crippen MR) is 195 cm³/mol. The van der Waals surface area contributed by atoms with Crippen LogP contribution in [0.1, 0.15) is 29.0 Å². The van der Waals surface area contributed by atoms with Gasteiger partial charge in [0.1, 0.15) is 18.2 Å². The van der Waals surface area contributed by atoms with Gasteiger partial charge in [-0.3, -0.25) is 5.32 Å². The molecule has 1 aromatic heterocycles. The van der Waals surface area contributed by atoms with Crippen molar-refractivity contribution in [3.63, 3.8) is 0 Å². The average Bonchev–Trinajstić information content (AvgIpc) is 3.47. The summed E-state index contributed by atoms with van der Waals surface area (Å²) >= 11 is 0. The molecule has 7 aromatic carbocycles. The molecule has 2 unspecified atom stereocenters. The van der Waals surface area contributed by atoms with Gasteiger partial charge in [-0.15, -0.1) is 0 Å². The molecule has 9 rings (SSSR count). The molecular formula is C43H32N4. The maximum absolute atomic E-state index is 5.10. The van der Waals surface area contributed by atoms with Crippen molar-refractivity contribution in [2.75, 3.05) is 0 Å². The van der Waals surface area contributed by atoms with Crippen molar-refractivity contribution in [2.45, 2.75) is 12.3 Å². The maximum atomic E-state index is 5.10. The Morgan fingerprint density at radius 1 is 0.511 bits per heavy atom. The second kappa shape index (κ2) is 11.4. The third kappa shape index (κ3) is 4.87. The molecule has 224 valence electrons. The first kappa shape index (κ1) is 27.3. The van der Waals surface area contributed by atoms with Gasteiger partial charge in [0.25, 0.3) is 0 Å². The summed E-state index contributed by atoms with van der Waals surface area (Å²) in [5.74, 6) is 0.882. The van der Waals surface area contributed by atoms with Crippen LogP contribution in [0, 0.1) is 0 Å². The zero-order valence-corrected chi connectivity index (χ0v) is 25.7. The fourth-order valence-electron chi connectivity index (χ4n) is 7.00. The normalized spacial score (nSPS) is 16.3. The number of benzene rings is 7. The SMILES string of the molecule is c1ccc(C2=NC(c3ccccc3)NC(c3ccccc3-c3ccc(-n4c5ccccc5c5cc6ccccc6cc54)cc3)N2)cc1. The van der Waals surface area contributed by atoms with Gasteiger partial charge in [-0.1, -0.05) is 140 Å². The van der Waals surface area contributed by atoms with Crippen LogP contribution in [0.2, 0.25) is 0 Å². The molecule has 0 saturated heterocycles. The number of aromatic nitrogens is 1. The van der Waals surface area contributed by atoms with Crippen LogP contribution < -0.4 is 10.6 Å². The highest BCUT2D eigenvalue weighted by atomic mass is 15.3. The largest absolute Gasteiger partial charge is 0.350 e. The highest BCUT2D eigenvalue weighted by molar-refractivity contribution is 6.13. The molecule has 2 heterocycles. The van der Waals surface area contributed by atoms with E-state index in [2.05, 4.69) is 173 Å². The van der Waals surface area contributed by atoms with Gasteiger partial charge in [0, 0.05) is 22.0 Å². The van der Waals surface area contributed by atoms with Crippen molar-refractivity contribution >= 4 is 38.4 Å². The molecule has 2 atom stereocenters. The van der Waals surface area contributed by atoms with Crippen molar-refractivity contribution in [3.05, 3.63) is 187 Å². The Bertz CT molecular complexity index is 2410. The smallest absolute Gasteiger partial charge is 0.131 e. The molecule has 8 aromatic rings. The lowest BCUT2D eigenvalue weighted by molar-refractivity contribution is 0.409. The molecule has 4 heteroatoms. The van der Waals surface area contributed by atoms with Crippen LogP contribution in [0.3, 0.4) is 0 Å². The molecule has 0 bridgehead atoms. The van der Waals surface area contributed by atoms with Crippen LogP contribution in [-0.2, 0) is 0 Å². The van der Waals surface area contributed by atoms with Crippen molar-refractivity contribution < 1.29 is 0 Å². The van der Waals surface area contributed by atoms with Crippen LogP contribution in [0.4, 0.5) is 0 Å². The molecule has 47 heavy (non-hydrogen) atoms. The number of hydrogen-bond acceptors (Lipinski definition) is 3. The summed E-state index contributed by atoms with van der Waals surface area (Å²) in [6.45, 7) is 0. The Hall–Kier alpha value is -5.97. The zero-order valence-electron chi connectivity index (χ0n) is 25.7.